The first-order valence-electron chi connectivity index (χ1n) is 7.17. The summed E-state index contributed by atoms with van der Waals surface area (Å²) in [5.74, 6) is 0. The lowest BCUT2D eigenvalue weighted by molar-refractivity contribution is 0.819. The van der Waals surface area contributed by atoms with Gasteiger partial charge in [-0.3, -0.25) is 9.89 Å². The number of aromatic nitrogens is 2. The molecule has 0 spiro atoms. The maximum atomic E-state index is 12.8. The molecule has 0 aliphatic heterocycles. The van der Waals surface area contributed by atoms with Gasteiger partial charge in [-0.15, -0.1) is 0 Å². The van der Waals surface area contributed by atoms with Gasteiger partial charge in [0.15, 0.2) is 0 Å². The molecule has 3 aromatic rings. The van der Waals surface area contributed by atoms with Gasteiger partial charge in [-0.05, 0) is 31.0 Å². The van der Waals surface area contributed by atoms with Crippen LogP contribution < -0.4 is 5.56 Å². The van der Waals surface area contributed by atoms with E-state index in [4.69, 9.17) is 0 Å². The molecule has 1 aromatic heterocycles. The minimum Gasteiger partial charge on any atom is -0.294 e. The smallest absolute Gasteiger partial charge is 0.279 e. The van der Waals surface area contributed by atoms with E-state index in [-0.39, 0.29) is 5.56 Å². The number of nitrogens with zero attached hydrogens (tertiary/aromatic N) is 1. The third kappa shape index (κ3) is 2.42. The van der Waals surface area contributed by atoms with E-state index in [2.05, 4.69) is 12.0 Å². The number of hydrogen-bond acceptors (Lipinski definition) is 1. The topological polar surface area (TPSA) is 37.8 Å². The molecule has 0 radical (unpaired) electrons. The van der Waals surface area contributed by atoms with Crippen LogP contribution in [0.25, 0.3) is 16.8 Å². The molecule has 0 bridgehead atoms. The number of nitrogens with one attached hydrogen (secondary N) is 1. The van der Waals surface area contributed by atoms with Crippen molar-refractivity contribution < 1.29 is 0 Å². The van der Waals surface area contributed by atoms with Crippen LogP contribution in [0.4, 0.5) is 0 Å². The number of aromatic amines is 1. The molecule has 0 fully saturated rings. The SMILES string of the molecule is CCc1[nH]n(-c2ccc(C)cc2)c(=O)c1-c1ccccc1. The molecule has 0 atom stereocenters. The average Bonchev–Trinajstić information content (AvgIpc) is 2.86. The maximum Gasteiger partial charge on any atom is 0.279 e. The van der Waals surface area contributed by atoms with Crippen LogP contribution >= 0.6 is 0 Å². The minimum absolute atomic E-state index is 0.00176. The third-order valence-corrected chi connectivity index (χ3v) is 3.67. The van der Waals surface area contributed by atoms with Crippen molar-refractivity contribution in [2.45, 2.75) is 20.3 Å². The van der Waals surface area contributed by atoms with Crippen molar-refractivity contribution >= 4 is 0 Å². The van der Waals surface area contributed by atoms with E-state index in [0.717, 1.165) is 28.9 Å². The summed E-state index contributed by atoms with van der Waals surface area (Å²) < 4.78 is 1.63. The maximum absolute atomic E-state index is 12.8. The predicted molar refractivity (Wildman–Crippen MR) is 85.9 cm³/mol. The number of H-pyrrole nitrogens is 1. The fourth-order valence-corrected chi connectivity index (χ4v) is 2.52. The van der Waals surface area contributed by atoms with Crippen LogP contribution in [0.5, 0.6) is 0 Å². The van der Waals surface area contributed by atoms with Gasteiger partial charge in [0.1, 0.15) is 0 Å². The second-order valence-corrected chi connectivity index (χ2v) is 5.16. The highest BCUT2D eigenvalue weighted by molar-refractivity contribution is 5.65. The summed E-state index contributed by atoms with van der Waals surface area (Å²) in [6.07, 6.45) is 0.790. The van der Waals surface area contributed by atoms with Crippen molar-refractivity contribution in [2.75, 3.05) is 0 Å². The Bertz CT molecular complexity index is 795. The Kier molecular flexibility index (Phi) is 3.48. The van der Waals surface area contributed by atoms with Crippen molar-refractivity contribution in [3.05, 3.63) is 76.2 Å². The highest BCUT2D eigenvalue weighted by Crippen LogP contribution is 2.20. The molecule has 0 aliphatic rings. The fourth-order valence-electron chi connectivity index (χ4n) is 2.52. The highest BCUT2D eigenvalue weighted by atomic mass is 16.1. The first kappa shape index (κ1) is 13.4. The van der Waals surface area contributed by atoms with Crippen molar-refractivity contribution in [3.8, 4) is 16.8 Å². The lowest BCUT2D eigenvalue weighted by atomic mass is 10.1. The molecular weight excluding hydrogens is 260 g/mol. The molecule has 0 saturated carbocycles. The quantitative estimate of drug-likeness (QED) is 0.779. The molecule has 2 aromatic carbocycles. The number of benzene rings is 2. The van der Waals surface area contributed by atoms with Gasteiger partial charge < -0.3 is 0 Å². The standard InChI is InChI=1S/C18H18N2O/c1-3-16-17(14-7-5-4-6-8-14)18(21)20(19-16)15-11-9-13(2)10-12-15/h4-12,19H,3H2,1-2H3. The van der Waals surface area contributed by atoms with Crippen LogP contribution in [-0.4, -0.2) is 9.78 Å². The Morgan fingerprint density at radius 3 is 2.29 bits per heavy atom. The van der Waals surface area contributed by atoms with Gasteiger partial charge in [0.2, 0.25) is 0 Å². The predicted octanol–water partition coefficient (Wildman–Crippen LogP) is 3.70. The molecule has 1 heterocycles. The van der Waals surface area contributed by atoms with Crippen LogP contribution in [0.3, 0.4) is 0 Å². The molecule has 0 saturated heterocycles. The van der Waals surface area contributed by atoms with E-state index < -0.39 is 0 Å². The molecule has 0 aliphatic carbocycles. The van der Waals surface area contributed by atoms with Crippen LogP contribution in [-0.2, 0) is 6.42 Å². The average molecular weight is 278 g/mol. The first-order valence-corrected chi connectivity index (χ1v) is 7.17. The Morgan fingerprint density at radius 1 is 1.00 bits per heavy atom. The minimum atomic E-state index is 0.00176. The third-order valence-electron chi connectivity index (χ3n) is 3.67. The normalized spacial score (nSPS) is 10.8. The molecule has 3 heteroatoms. The van der Waals surface area contributed by atoms with Crippen molar-refractivity contribution in [2.24, 2.45) is 0 Å². The van der Waals surface area contributed by atoms with E-state index in [9.17, 15) is 4.79 Å². The van der Waals surface area contributed by atoms with Gasteiger partial charge in [-0.25, -0.2) is 4.68 Å². The summed E-state index contributed by atoms with van der Waals surface area (Å²) in [5.41, 5.74) is 4.73. The summed E-state index contributed by atoms with van der Waals surface area (Å²) in [6.45, 7) is 4.09. The largest absolute Gasteiger partial charge is 0.294 e. The number of rotatable bonds is 3. The monoisotopic (exact) mass is 278 g/mol. The van der Waals surface area contributed by atoms with Gasteiger partial charge in [0.05, 0.1) is 11.3 Å². The van der Waals surface area contributed by atoms with E-state index in [0.29, 0.717) is 0 Å². The zero-order chi connectivity index (χ0) is 14.8. The lowest BCUT2D eigenvalue weighted by Gasteiger charge is -2.01. The van der Waals surface area contributed by atoms with Gasteiger partial charge in [-0.1, -0.05) is 55.0 Å². The number of aryl methyl sites for hydroxylation is 2. The zero-order valence-corrected chi connectivity index (χ0v) is 12.3. The molecule has 106 valence electrons. The molecule has 21 heavy (non-hydrogen) atoms. The van der Waals surface area contributed by atoms with E-state index in [1.54, 1.807) is 4.68 Å². The van der Waals surface area contributed by atoms with Gasteiger partial charge in [0, 0.05) is 5.69 Å². The second kappa shape index (κ2) is 5.44. The Hall–Kier alpha value is -2.55. The molecule has 0 unspecified atom stereocenters. The summed E-state index contributed by atoms with van der Waals surface area (Å²) in [6, 6.07) is 17.8. The van der Waals surface area contributed by atoms with Crippen molar-refractivity contribution in [3.63, 3.8) is 0 Å². The zero-order valence-electron chi connectivity index (χ0n) is 12.3. The molecule has 1 N–H and O–H groups in total. The molecule has 0 amide bonds. The van der Waals surface area contributed by atoms with Crippen LogP contribution in [0.2, 0.25) is 0 Å². The summed E-state index contributed by atoms with van der Waals surface area (Å²) in [5, 5.41) is 3.24. The summed E-state index contributed by atoms with van der Waals surface area (Å²) >= 11 is 0. The van der Waals surface area contributed by atoms with E-state index in [1.165, 1.54) is 5.56 Å². The van der Waals surface area contributed by atoms with E-state index in [1.807, 2.05) is 61.5 Å². The molecule has 3 nitrogen and oxygen atoms in total. The summed E-state index contributed by atoms with van der Waals surface area (Å²) in [4.78, 5) is 12.8. The second-order valence-electron chi connectivity index (χ2n) is 5.16. The Morgan fingerprint density at radius 2 is 1.67 bits per heavy atom. The van der Waals surface area contributed by atoms with Gasteiger partial charge in [-0.2, -0.15) is 0 Å². The van der Waals surface area contributed by atoms with Crippen LogP contribution in [0.15, 0.2) is 59.4 Å². The van der Waals surface area contributed by atoms with Crippen LogP contribution in [0, 0.1) is 6.92 Å². The van der Waals surface area contributed by atoms with Gasteiger partial charge in [0.25, 0.3) is 5.56 Å². The molecule has 3 rings (SSSR count). The summed E-state index contributed by atoms with van der Waals surface area (Å²) in [7, 11) is 0. The van der Waals surface area contributed by atoms with E-state index >= 15 is 0 Å². The Labute approximate surface area is 123 Å². The van der Waals surface area contributed by atoms with Gasteiger partial charge >= 0.3 is 0 Å². The van der Waals surface area contributed by atoms with Crippen molar-refractivity contribution in [1.82, 2.24) is 9.78 Å². The van der Waals surface area contributed by atoms with Crippen LogP contribution in [0.1, 0.15) is 18.2 Å². The highest BCUT2D eigenvalue weighted by Gasteiger charge is 2.15. The molecular formula is C18H18N2O. The lowest BCUT2D eigenvalue weighted by Crippen LogP contribution is -2.15. The Balaban J connectivity index is 2.19. The van der Waals surface area contributed by atoms with Crippen molar-refractivity contribution in [1.29, 1.82) is 0 Å². The fraction of sp³-hybridized carbons (Fsp3) is 0.167. The first-order chi connectivity index (χ1) is 10.2. The number of hydrogen-bond donors (Lipinski definition) is 1.